The summed E-state index contributed by atoms with van der Waals surface area (Å²) in [5.41, 5.74) is 0.894. The van der Waals surface area contributed by atoms with Gasteiger partial charge in [0.05, 0.1) is 18.2 Å². The maximum absolute atomic E-state index is 11.8. The van der Waals surface area contributed by atoms with E-state index in [2.05, 4.69) is 5.32 Å². The Bertz CT molecular complexity index is 524. The lowest BCUT2D eigenvalue weighted by molar-refractivity contribution is -0.149. The molecule has 1 aromatic rings. The van der Waals surface area contributed by atoms with Crippen molar-refractivity contribution < 1.29 is 9.53 Å². The molecule has 1 saturated carbocycles. The summed E-state index contributed by atoms with van der Waals surface area (Å²) in [6.45, 7) is 2.27. The lowest BCUT2D eigenvalue weighted by atomic mass is 9.85. The van der Waals surface area contributed by atoms with Crippen LogP contribution < -0.4 is 10.9 Å². The largest absolute Gasteiger partial charge is 0.466 e. The summed E-state index contributed by atoms with van der Waals surface area (Å²) in [4.78, 5) is 23.2. The predicted octanol–water partition coefficient (Wildman–Crippen LogP) is 1.92. The fourth-order valence-corrected chi connectivity index (χ4v) is 2.71. The summed E-state index contributed by atoms with van der Waals surface area (Å²) < 4.78 is 6.65. The van der Waals surface area contributed by atoms with Gasteiger partial charge in [-0.1, -0.05) is 6.42 Å². The van der Waals surface area contributed by atoms with E-state index in [0.29, 0.717) is 6.61 Å². The summed E-state index contributed by atoms with van der Waals surface area (Å²) in [6.07, 6.45) is 5.55. The molecule has 1 heterocycles. The number of aromatic nitrogens is 1. The van der Waals surface area contributed by atoms with E-state index >= 15 is 0 Å². The number of aryl methyl sites for hydroxylation is 1. The first kappa shape index (κ1) is 14.6. The number of carbonyl (C=O) groups excluding carboxylic acids is 1. The fraction of sp³-hybridized carbons (Fsp3) is 0.600. The molecule has 1 aliphatic carbocycles. The van der Waals surface area contributed by atoms with Gasteiger partial charge in [0, 0.05) is 25.4 Å². The van der Waals surface area contributed by atoms with Gasteiger partial charge in [-0.2, -0.15) is 0 Å². The van der Waals surface area contributed by atoms with E-state index in [4.69, 9.17) is 4.74 Å². The van der Waals surface area contributed by atoms with Gasteiger partial charge in [0.1, 0.15) is 0 Å². The van der Waals surface area contributed by atoms with Crippen molar-refractivity contribution in [3.8, 4) is 0 Å². The van der Waals surface area contributed by atoms with Gasteiger partial charge in [0.15, 0.2) is 0 Å². The third-order valence-electron chi connectivity index (χ3n) is 3.75. The first-order valence-electron chi connectivity index (χ1n) is 7.20. The Hall–Kier alpha value is -1.78. The second-order valence-corrected chi connectivity index (χ2v) is 5.32. The maximum Gasteiger partial charge on any atom is 0.308 e. The van der Waals surface area contributed by atoms with Gasteiger partial charge in [-0.15, -0.1) is 0 Å². The van der Waals surface area contributed by atoms with Gasteiger partial charge >= 0.3 is 5.97 Å². The minimum Gasteiger partial charge on any atom is -0.466 e. The van der Waals surface area contributed by atoms with Crippen molar-refractivity contribution in [1.82, 2.24) is 4.57 Å². The topological polar surface area (TPSA) is 60.3 Å². The van der Waals surface area contributed by atoms with Crippen LogP contribution in [0.3, 0.4) is 0 Å². The monoisotopic (exact) mass is 278 g/mol. The predicted molar refractivity (Wildman–Crippen MR) is 77.7 cm³/mol. The number of esters is 1. The van der Waals surface area contributed by atoms with Crippen LogP contribution in [0.1, 0.15) is 32.6 Å². The number of rotatable bonds is 4. The molecular formula is C15H22N2O3. The highest BCUT2D eigenvalue weighted by Crippen LogP contribution is 2.27. The van der Waals surface area contributed by atoms with Gasteiger partial charge in [0.25, 0.3) is 0 Å². The molecule has 1 N–H and O–H groups in total. The van der Waals surface area contributed by atoms with E-state index in [1.165, 1.54) is 0 Å². The minimum atomic E-state index is -0.0838. The standard InChI is InChI=1S/C15H22N2O3/c1-3-20-15(19)11-5-4-6-12(9-11)16-13-7-8-14(18)17(2)10-13/h7-8,10-12,16H,3-6,9H2,1-2H3. The average molecular weight is 278 g/mol. The summed E-state index contributed by atoms with van der Waals surface area (Å²) in [6, 6.07) is 3.60. The maximum atomic E-state index is 11.8. The zero-order valence-electron chi connectivity index (χ0n) is 12.1. The van der Waals surface area contributed by atoms with Crippen molar-refractivity contribution in [2.75, 3.05) is 11.9 Å². The number of ether oxygens (including phenoxy) is 1. The van der Waals surface area contributed by atoms with Gasteiger partial charge in [-0.3, -0.25) is 9.59 Å². The van der Waals surface area contributed by atoms with E-state index in [-0.39, 0.29) is 23.5 Å². The van der Waals surface area contributed by atoms with Crippen molar-refractivity contribution in [2.45, 2.75) is 38.6 Å². The highest BCUT2D eigenvalue weighted by molar-refractivity contribution is 5.72. The molecule has 20 heavy (non-hydrogen) atoms. The zero-order valence-corrected chi connectivity index (χ0v) is 12.1. The zero-order chi connectivity index (χ0) is 14.5. The molecule has 0 aromatic carbocycles. The second-order valence-electron chi connectivity index (χ2n) is 5.32. The molecule has 0 saturated heterocycles. The number of hydrogen-bond acceptors (Lipinski definition) is 4. The van der Waals surface area contributed by atoms with E-state index in [9.17, 15) is 9.59 Å². The molecule has 1 fully saturated rings. The summed E-state index contributed by atoms with van der Waals surface area (Å²) >= 11 is 0. The first-order valence-corrected chi connectivity index (χ1v) is 7.20. The molecule has 5 heteroatoms. The lowest BCUT2D eigenvalue weighted by Crippen LogP contribution is -2.32. The molecule has 0 amide bonds. The molecular weight excluding hydrogens is 256 g/mol. The Morgan fingerprint density at radius 2 is 2.25 bits per heavy atom. The third-order valence-corrected chi connectivity index (χ3v) is 3.75. The normalized spacial score (nSPS) is 22.3. The summed E-state index contributed by atoms with van der Waals surface area (Å²) in [7, 11) is 1.73. The SMILES string of the molecule is CCOC(=O)C1CCCC(Nc2ccc(=O)n(C)c2)C1. The number of anilines is 1. The molecule has 1 aromatic heterocycles. The Morgan fingerprint density at radius 3 is 2.95 bits per heavy atom. The summed E-state index contributed by atoms with van der Waals surface area (Å²) in [5, 5.41) is 3.41. The number of pyridine rings is 1. The van der Waals surface area contributed by atoms with Crippen molar-refractivity contribution in [3.63, 3.8) is 0 Å². The van der Waals surface area contributed by atoms with Crippen LogP contribution in [0.5, 0.6) is 0 Å². The van der Waals surface area contributed by atoms with Gasteiger partial charge in [-0.05, 0) is 32.3 Å². The van der Waals surface area contributed by atoms with Crippen LogP contribution in [-0.2, 0) is 16.6 Å². The van der Waals surface area contributed by atoms with Gasteiger partial charge in [-0.25, -0.2) is 0 Å². The van der Waals surface area contributed by atoms with Crippen molar-refractivity contribution in [2.24, 2.45) is 13.0 Å². The van der Waals surface area contributed by atoms with Crippen LogP contribution in [0.25, 0.3) is 0 Å². The molecule has 5 nitrogen and oxygen atoms in total. The average Bonchev–Trinajstić information content (AvgIpc) is 2.43. The van der Waals surface area contributed by atoms with Crippen LogP contribution >= 0.6 is 0 Å². The van der Waals surface area contributed by atoms with Crippen molar-refractivity contribution in [1.29, 1.82) is 0 Å². The minimum absolute atomic E-state index is 0.00580. The third kappa shape index (κ3) is 3.62. The molecule has 110 valence electrons. The molecule has 0 bridgehead atoms. The Balaban J connectivity index is 1.97. The van der Waals surface area contributed by atoms with Gasteiger partial charge < -0.3 is 14.6 Å². The highest BCUT2D eigenvalue weighted by Gasteiger charge is 2.28. The van der Waals surface area contributed by atoms with Crippen LogP contribution in [0.4, 0.5) is 5.69 Å². The second kappa shape index (κ2) is 6.59. The first-order chi connectivity index (χ1) is 9.60. The van der Waals surface area contributed by atoms with E-state index in [1.54, 1.807) is 29.9 Å². The van der Waals surface area contributed by atoms with E-state index in [1.807, 2.05) is 6.92 Å². The van der Waals surface area contributed by atoms with E-state index in [0.717, 1.165) is 31.4 Å². The van der Waals surface area contributed by atoms with Crippen LogP contribution in [0, 0.1) is 5.92 Å². The molecule has 0 aliphatic heterocycles. The van der Waals surface area contributed by atoms with E-state index < -0.39 is 0 Å². The molecule has 2 rings (SSSR count). The quantitative estimate of drug-likeness (QED) is 0.855. The molecule has 1 aliphatic rings. The number of nitrogens with zero attached hydrogens (tertiary/aromatic N) is 1. The highest BCUT2D eigenvalue weighted by atomic mass is 16.5. The Morgan fingerprint density at radius 1 is 1.45 bits per heavy atom. The van der Waals surface area contributed by atoms with Crippen LogP contribution in [0.15, 0.2) is 23.1 Å². The Kier molecular flexibility index (Phi) is 4.82. The smallest absolute Gasteiger partial charge is 0.308 e. The van der Waals surface area contributed by atoms with Crippen LogP contribution in [-0.4, -0.2) is 23.2 Å². The fourth-order valence-electron chi connectivity index (χ4n) is 2.71. The van der Waals surface area contributed by atoms with Crippen molar-refractivity contribution in [3.05, 3.63) is 28.7 Å². The van der Waals surface area contributed by atoms with Gasteiger partial charge in [0.2, 0.25) is 5.56 Å². The summed E-state index contributed by atoms with van der Waals surface area (Å²) in [5.74, 6) is -0.0896. The number of carbonyl (C=O) groups is 1. The van der Waals surface area contributed by atoms with Crippen molar-refractivity contribution >= 4 is 11.7 Å². The molecule has 2 atom stereocenters. The Labute approximate surface area is 118 Å². The van der Waals surface area contributed by atoms with Crippen LogP contribution in [0.2, 0.25) is 0 Å². The number of nitrogens with one attached hydrogen (secondary N) is 1. The molecule has 2 unspecified atom stereocenters. The molecule has 0 spiro atoms. The lowest BCUT2D eigenvalue weighted by Gasteiger charge is -2.29. The molecule has 0 radical (unpaired) electrons. The number of hydrogen-bond donors (Lipinski definition) is 1.